The summed E-state index contributed by atoms with van der Waals surface area (Å²) in [5.41, 5.74) is 1.64. The summed E-state index contributed by atoms with van der Waals surface area (Å²) in [7, 11) is 1.57. The lowest BCUT2D eigenvalue weighted by molar-refractivity contribution is -0.132. The number of anilines is 1. The molecule has 32 heavy (non-hydrogen) atoms. The molecule has 1 N–H and O–H groups in total. The Morgan fingerprint density at radius 2 is 2.06 bits per heavy atom. The first-order valence-corrected chi connectivity index (χ1v) is 11.2. The van der Waals surface area contributed by atoms with Crippen molar-refractivity contribution in [3.63, 3.8) is 0 Å². The Bertz CT molecular complexity index is 1140. The van der Waals surface area contributed by atoms with Gasteiger partial charge in [0.05, 0.1) is 35.6 Å². The molecule has 0 spiro atoms. The van der Waals surface area contributed by atoms with E-state index in [2.05, 4.69) is 10.4 Å². The number of ether oxygens (including phenoxy) is 1. The molecule has 3 aromatic rings. The summed E-state index contributed by atoms with van der Waals surface area (Å²) in [6, 6.07) is 14.8. The lowest BCUT2D eigenvalue weighted by Crippen LogP contribution is -2.50. The van der Waals surface area contributed by atoms with E-state index in [0.717, 1.165) is 16.3 Å². The number of hydrogen-bond donors (Lipinski definition) is 1. The second-order valence-corrected chi connectivity index (χ2v) is 8.51. The number of hydrazone groups is 1. The third-order valence-electron chi connectivity index (χ3n) is 5.57. The monoisotopic (exact) mass is 450 g/mol. The third-order valence-corrected chi connectivity index (χ3v) is 6.49. The predicted molar refractivity (Wildman–Crippen MR) is 121 cm³/mol. The predicted octanol–water partition coefficient (Wildman–Crippen LogP) is 3.03. The van der Waals surface area contributed by atoms with Crippen LogP contribution in [-0.4, -0.2) is 48.8 Å². The highest BCUT2D eigenvalue weighted by atomic mass is 32.1. The minimum Gasteiger partial charge on any atom is -0.477 e. The Hall–Kier alpha value is -3.59. The second-order valence-electron chi connectivity index (χ2n) is 7.57. The summed E-state index contributed by atoms with van der Waals surface area (Å²) < 4.78 is 11.5. The van der Waals surface area contributed by atoms with Gasteiger partial charge >= 0.3 is 0 Å². The first-order valence-electron chi connectivity index (χ1n) is 10.3. The number of nitrogens with zero attached hydrogens (tertiary/aromatic N) is 3. The van der Waals surface area contributed by atoms with Crippen LogP contribution < -0.4 is 15.0 Å². The fraction of sp³-hybridized carbons (Fsp3) is 0.261. The lowest BCUT2D eigenvalue weighted by atomic mass is 10.1. The molecule has 2 amide bonds. The molecule has 2 atom stereocenters. The fourth-order valence-electron chi connectivity index (χ4n) is 4.02. The van der Waals surface area contributed by atoms with E-state index in [-0.39, 0.29) is 30.9 Å². The highest BCUT2D eigenvalue weighted by Gasteiger charge is 2.37. The van der Waals surface area contributed by atoms with Crippen molar-refractivity contribution in [2.45, 2.75) is 18.6 Å². The molecule has 0 radical (unpaired) electrons. The number of furan rings is 1. The topological polar surface area (TPSA) is 87.4 Å². The number of nitrogens with one attached hydrogen (secondary N) is 1. The summed E-state index contributed by atoms with van der Waals surface area (Å²) >= 11 is 1.59. The van der Waals surface area contributed by atoms with Crippen LogP contribution in [0, 0.1) is 0 Å². The quantitative estimate of drug-likeness (QED) is 0.646. The third kappa shape index (κ3) is 3.75. The molecule has 2 unspecified atom stereocenters. The number of carbonyl (C=O) groups excluding carboxylic acids is 2. The smallest absolute Gasteiger partial charge is 0.262 e. The Balaban J connectivity index is 1.42. The molecule has 0 saturated heterocycles. The van der Waals surface area contributed by atoms with Gasteiger partial charge in [-0.05, 0) is 35.7 Å². The summed E-state index contributed by atoms with van der Waals surface area (Å²) in [5.74, 6) is 0.862. The maximum Gasteiger partial charge on any atom is 0.262 e. The van der Waals surface area contributed by atoms with Crippen LogP contribution in [0.15, 0.2) is 69.7 Å². The van der Waals surface area contributed by atoms with Gasteiger partial charge in [-0.3, -0.25) is 9.59 Å². The Morgan fingerprint density at radius 1 is 1.19 bits per heavy atom. The number of rotatable bonds is 5. The molecule has 4 heterocycles. The fourth-order valence-corrected chi connectivity index (χ4v) is 4.75. The van der Waals surface area contributed by atoms with E-state index in [9.17, 15) is 9.59 Å². The molecular weight excluding hydrogens is 428 g/mol. The Kier molecular flexibility index (Phi) is 5.40. The van der Waals surface area contributed by atoms with Crippen LogP contribution in [0.4, 0.5) is 5.69 Å². The van der Waals surface area contributed by atoms with Gasteiger partial charge in [-0.1, -0.05) is 18.2 Å². The number of para-hydroxylation sites is 2. The van der Waals surface area contributed by atoms with Gasteiger partial charge in [-0.25, -0.2) is 5.01 Å². The molecule has 0 saturated carbocycles. The Morgan fingerprint density at radius 3 is 2.81 bits per heavy atom. The van der Waals surface area contributed by atoms with E-state index >= 15 is 0 Å². The molecule has 0 fully saturated rings. The zero-order chi connectivity index (χ0) is 22.1. The van der Waals surface area contributed by atoms with Gasteiger partial charge in [0.2, 0.25) is 0 Å². The van der Waals surface area contributed by atoms with Crippen molar-refractivity contribution in [1.29, 1.82) is 0 Å². The summed E-state index contributed by atoms with van der Waals surface area (Å²) in [6.07, 6.45) is 1.49. The first-order chi connectivity index (χ1) is 15.6. The van der Waals surface area contributed by atoms with E-state index in [1.54, 1.807) is 30.7 Å². The SMILES string of the molecule is CNC(=O)C1CN(CC(=O)N2N=C(c3cccs3)CC2c2ccco2)c2ccccc2O1. The van der Waals surface area contributed by atoms with Gasteiger partial charge in [-0.2, -0.15) is 5.10 Å². The normalized spacial score (nSPS) is 19.8. The average molecular weight is 451 g/mol. The minimum absolute atomic E-state index is 0.0618. The van der Waals surface area contributed by atoms with Gasteiger partial charge < -0.3 is 19.4 Å². The van der Waals surface area contributed by atoms with Crippen LogP contribution in [-0.2, 0) is 9.59 Å². The molecule has 9 heteroatoms. The van der Waals surface area contributed by atoms with Gasteiger partial charge in [0.25, 0.3) is 11.8 Å². The average Bonchev–Trinajstić information content (AvgIpc) is 3.59. The number of benzene rings is 1. The molecule has 8 nitrogen and oxygen atoms in total. The van der Waals surface area contributed by atoms with Crippen molar-refractivity contribution >= 4 is 34.6 Å². The van der Waals surface area contributed by atoms with Crippen LogP contribution in [0.5, 0.6) is 5.75 Å². The van der Waals surface area contributed by atoms with Gasteiger partial charge in [0.1, 0.15) is 17.6 Å². The standard InChI is InChI=1S/C23H22N4O4S/c1-24-23(29)20-13-26(16-6-2-3-7-19(16)31-20)14-22(28)27-17(18-8-4-10-30-18)12-15(25-27)21-9-5-11-32-21/h2-11,17,20H,12-14H2,1H3,(H,24,29). The van der Waals surface area contributed by atoms with Gasteiger partial charge in [-0.15, -0.1) is 11.3 Å². The molecule has 164 valence electrons. The van der Waals surface area contributed by atoms with Crippen molar-refractivity contribution in [2.75, 3.05) is 25.0 Å². The molecule has 5 rings (SSSR count). The first kappa shape index (κ1) is 20.3. The molecular formula is C23H22N4O4S. The van der Waals surface area contributed by atoms with Crippen LogP contribution >= 0.6 is 11.3 Å². The van der Waals surface area contributed by atoms with Crippen molar-refractivity contribution in [3.8, 4) is 5.75 Å². The number of hydrogen-bond acceptors (Lipinski definition) is 7. The molecule has 2 aliphatic rings. The van der Waals surface area contributed by atoms with Crippen molar-refractivity contribution in [2.24, 2.45) is 5.10 Å². The van der Waals surface area contributed by atoms with Crippen molar-refractivity contribution in [3.05, 3.63) is 70.8 Å². The van der Waals surface area contributed by atoms with Crippen LogP contribution in [0.2, 0.25) is 0 Å². The molecule has 1 aromatic carbocycles. The number of carbonyl (C=O) groups is 2. The molecule has 0 bridgehead atoms. The van der Waals surface area contributed by atoms with Crippen LogP contribution in [0.25, 0.3) is 0 Å². The van der Waals surface area contributed by atoms with Crippen LogP contribution in [0.3, 0.4) is 0 Å². The second kappa shape index (κ2) is 8.51. The van der Waals surface area contributed by atoms with Crippen molar-refractivity contribution < 1.29 is 18.7 Å². The van der Waals surface area contributed by atoms with E-state index in [1.807, 2.05) is 52.7 Å². The van der Waals surface area contributed by atoms with Crippen molar-refractivity contribution in [1.82, 2.24) is 10.3 Å². The summed E-state index contributed by atoms with van der Waals surface area (Å²) in [6.45, 7) is 0.329. The zero-order valence-corrected chi connectivity index (χ0v) is 18.2. The maximum absolute atomic E-state index is 13.5. The molecule has 2 aliphatic heterocycles. The van der Waals surface area contributed by atoms with E-state index in [4.69, 9.17) is 9.15 Å². The highest BCUT2D eigenvalue weighted by Crippen LogP contribution is 2.36. The number of amides is 2. The maximum atomic E-state index is 13.5. The largest absolute Gasteiger partial charge is 0.477 e. The van der Waals surface area contributed by atoms with E-state index < -0.39 is 6.10 Å². The highest BCUT2D eigenvalue weighted by molar-refractivity contribution is 7.12. The summed E-state index contributed by atoms with van der Waals surface area (Å²) in [4.78, 5) is 28.7. The van der Waals surface area contributed by atoms with E-state index in [1.165, 1.54) is 5.01 Å². The van der Waals surface area contributed by atoms with Gasteiger partial charge in [0.15, 0.2) is 6.10 Å². The number of fused-ring (bicyclic) bond motifs is 1. The number of likely N-dealkylation sites (N-methyl/N-ethyl adjacent to an activating group) is 1. The Labute approximate surface area is 189 Å². The zero-order valence-electron chi connectivity index (χ0n) is 17.4. The summed E-state index contributed by atoms with van der Waals surface area (Å²) in [5, 5.41) is 10.8. The minimum atomic E-state index is -0.702. The molecule has 2 aromatic heterocycles. The number of thiophene rings is 1. The molecule has 0 aliphatic carbocycles. The van der Waals surface area contributed by atoms with Crippen LogP contribution in [0.1, 0.15) is 23.1 Å². The van der Waals surface area contributed by atoms with E-state index in [0.29, 0.717) is 17.9 Å². The lowest BCUT2D eigenvalue weighted by Gasteiger charge is -2.35. The van der Waals surface area contributed by atoms with Gasteiger partial charge in [0, 0.05) is 13.5 Å².